The summed E-state index contributed by atoms with van der Waals surface area (Å²) in [6.45, 7) is 14.6. The van der Waals surface area contributed by atoms with Crippen molar-refractivity contribution >= 4 is 17.8 Å². The van der Waals surface area contributed by atoms with E-state index in [0.29, 0.717) is 13.1 Å². The smallest absolute Gasteiger partial charge is 0.325 e. The molecule has 30 heavy (non-hydrogen) atoms. The van der Waals surface area contributed by atoms with Crippen molar-refractivity contribution in [2.45, 2.75) is 40.7 Å². The number of urea groups is 1. The van der Waals surface area contributed by atoms with Crippen LogP contribution in [0.1, 0.15) is 39.7 Å². The van der Waals surface area contributed by atoms with Gasteiger partial charge in [0, 0.05) is 0 Å². The number of hydrogen-bond donors (Lipinski definition) is 0. The van der Waals surface area contributed by atoms with E-state index in [0.717, 1.165) is 23.1 Å². The zero-order valence-electron chi connectivity index (χ0n) is 19.1. The van der Waals surface area contributed by atoms with Gasteiger partial charge in [0.25, 0.3) is 0 Å². The van der Waals surface area contributed by atoms with E-state index in [-0.39, 0.29) is 18.9 Å². The minimum absolute atomic E-state index is 0.154. The molecule has 164 valence electrons. The minimum Gasteiger partial charge on any atom is -0.325 e. The number of carbonyl (C=O) groups excluding carboxylic acids is 3. The van der Waals surface area contributed by atoms with Crippen molar-refractivity contribution in [3.05, 3.63) is 48.6 Å². The van der Waals surface area contributed by atoms with Crippen molar-refractivity contribution in [2.75, 3.05) is 33.2 Å². The summed E-state index contributed by atoms with van der Waals surface area (Å²) in [5, 5.41) is 0. The van der Waals surface area contributed by atoms with Crippen LogP contribution in [0.4, 0.5) is 4.79 Å². The standard InChI is InChI=1S/C24H36N3O3/c1-7-15-24(19(4)5)21(28)25(16-17-27(6,8-2)9-3)23(30)26(22(24)29)18-20-13-11-10-12-14-20/h7,10-14,19H,1,8-9,15-18H2,2-6H3/q+1. The van der Waals surface area contributed by atoms with Crippen molar-refractivity contribution in [1.29, 1.82) is 0 Å². The van der Waals surface area contributed by atoms with Crippen LogP contribution in [0, 0.1) is 11.3 Å². The van der Waals surface area contributed by atoms with Gasteiger partial charge in [-0.3, -0.25) is 19.4 Å². The van der Waals surface area contributed by atoms with Crippen LogP contribution in [0.15, 0.2) is 43.0 Å². The van der Waals surface area contributed by atoms with Gasteiger partial charge < -0.3 is 4.48 Å². The van der Waals surface area contributed by atoms with E-state index in [9.17, 15) is 14.4 Å². The second-order valence-electron chi connectivity index (χ2n) is 8.71. The van der Waals surface area contributed by atoms with Crippen molar-refractivity contribution in [2.24, 2.45) is 11.3 Å². The maximum atomic E-state index is 13.6. The molecule has 2 rings (SSSR count). The molecule has 1 saturated heterocycles. The lowest BCUT2D eigenvalue weighted by Crippen LogP contribution is -2.67. The fourth-order valence-electron chi connectivity index (χ4n) is 4.01. The molecule has 0 bridgehead atoms. The molecule has 0 saturated carbocycles. The molecule has 6 heteroatoms. The Balaban J connectivity index is 2.47. The lowest BCUT2D eigenvalue weighted by molar-refractivity contribution is -0.905. The van der Waals surface area contributed by atoms with Crippen LogP contribution in [0.25, 0.3) is 0 Å². The molecular formula is C24H36N3O3+. The highest BCUT2D eigenvalue weighted by molar-refractivity contribution is 6.19. The second-order valence-corrected chi connectivity index (χ2v) is 8.71. The van der Waals surface area contributed by atoms with Crippen LogP contribution in [-0.2, 0) is 16.1 Å². The predicted octanol–water partition coefficient (Wildman–Crippen LogP) is 3.68. The topological polar surface area (TPSA) is 57.7 Å². The first-order valence-corrected chi connectivity index (χ1v) is 10.8. The van der Waals surface area contributed by atoms with E-state index < -0.39 is 23.3 Å². The summed E-state index contributed by atoms with van der Waals surface area (Å²) < 4.78 is 0.750. The molecule has 1 unspecified atom stereocenters. The summed E-state index contributed by atoms with van der Waals surface area (Å²) in [5.41, 5.74) is -0.445. The van der Waals surface area contributed by atoms with Crippen molar-refractivity contribution in [1.82, 2.24) is 9.80 Å². The van der Waals surface area contributed by atoms with Crippen LogP contribution in [0.3, 0.4) is 0 Å². The molecule has 1 aliphatic heterocycles. The average molecular weight is 415 g/mol. The maximum Gasteiger partial charge on any atom is 0.333 e. The molecule has 1 atom stereocenters. The number of hydrogen-bond acceptors (Lipinski definition) is 3. The number of carbonyl (C=O) groups is 3. The Hall–Kier alpha value is -2.47. The van der Waals surface area contributed by atoms with Crippen LogP contribution in [0.2, 0.25) is 0 Å². The number of benzene rings is 1. The van der Waals surface area contributed by atoms with E-state index in [1.807, 2.05) is 44.2 Å². The highest BCUT2D eigenvalue weighted by atomic mass is 16.2. The highest BCUT2D eigenvalue weighted by Gasteiger charge is 2.58. The fraction of sp³-hybridized carbons (Fsp3) is 0.542. The minimum atomic E-state index is -1.30. The first kappa shape index (κ1) is 23.8. The molecule has 1 aliphatic rings. The Labute approximate surface area is 180 Å². The second kappa shape index (κ2) is 9.56. The van der Waals surface area contributed by atoms with Gasteiger partial charge in [-0.1, -0.05) is 50.3 Å². The summed E-state index contributed by atoms with van der Waals surface area (Å²) >= 11 is 0. The Bertz CT molecular complexity index is 786. The molecule has 0 N–H and O–H groups in total. The first-order chi connectivity index (χ1) is 14.2. The number of allylic oxidation sites excluding steroid dienone is 1. The number of nitrogens with zero attached hydrogens (tertiary/aromatic N) is 3. The number of barbiturate groups is 1. The molecule has 0 radical (unpaired) electrons. The van der Waals surface area contributed by atoms with E-state index in [1.54, 1.807) is 6.08 Å². The van der Waals surface area contributed by atoms with Crippen molar-refractivity contribution in [3.8, 4) is 0 Å². The van der Waals surface area contributed by atoms with Crippen LogP contribution in [0.5, 0.6) is 0 Å². The maximum absolute atomic E-state index is 13.6. The molecular weight excluding hydrogens is 378 g/mol. The summed E-state index contributed by atoms with van der Waals surface area (Å²) in [6.07, 6.45) is 1.83. The third kappa shape index (κ3) is 4.33. The molecule has 6 nitrogen and oxygen atoms in total. The number of quaternary nitrogens is 1. The third-order valence-electron chi connectivity index (χ3n) is 6.74. The average Bonchev–Trinajstić information content (AvgIpc) is 2.74. The van der Waals surface area contributed by atoms with Gasteiger partial charge in [0.05, 0.1) is 39.8 Å². The van der Waals surface area contributed by atoms with Crippen LogP contribution >= 0.6 is 0 Å². The first-order valence-electron chi connectivity index (χ1n) is 10.8. The van der Waals surface area contributed by atoms with Crippen molar-refractivity contribution in [3.63, 3.8) is 0 Å². The molecule has 4 amide bonds. The summed E-state index contributed by atoms with van der Waals surface area (Å²) in [7, 11) is 2.12. The number of likely N-dealkylation sites (N-methyl/N-ethyl adjacent to an activating group) is 1. The van der Waals surface area contributed by atoms with Gasteiger partial charge in [-0.15, -0.1) is 6.58 Å². The summed E-state index contributed by atoms with van der Waals surface area (Å²) in [4.78, 5) is 43.1. The molecule has 1 aromatic rings. The van der Waals surface area contributed by atoms with Crippen LogP contribution < -0.4 is 0 Å². The van der Waals surface area contributed by atoms with Gasteiger partial charge in [-0.2, -0.15) is 0 Å². The number of imide groups is 2. The predicted molar refractivity (Wildman–Crippen MR) is 118 cm³/mol. The molecule has 0 aliphatic carbocycles. The van der Waals surface area contributed by atoms with Gasteiger partial charge >= 0.3 is 6.03 Å². The lowest BCUT2D eigenvalue weighted by atomic mass is 9.70. The zero-order chi connectivity index (χ0) is 22.5. The van der Waals surface area contributed by atoms with Crippen LogP contribution in [-0.4, -0.2) is 65.4 Å². The molecule has 1 fully saturated rings. The third-order valence-corrected chi connectivity index (χ3v) is 6.74. The monoisotopic (exact) mass is 414 g/mol. The molecule has 0 aromatic heterocycles. The summed E-state index contributed by atoms with van der Waals surface area (Å²) in [6, 6.07) is 8.89. The van der Waals surface area contributed by atoms with Gasteiger partial charge in [-0.25, -0.2) is 4.79 Å². The Morgan fingerprint density at radius 1 is 1.03 bits per heavy atom. The SMILES string of the molecule is C=CCC1(C(C)C)C(=O)N(CC[N+](C)(CC)CC)C(=O)N(Cc2ccccc2)C1=O. The van der Waals surface area contributed by atoms with E-state index in [2.05, 4.69) is 27.5 Å². The molecule has 0 spiro atoms. The van der Waals surface area contributed by atoms with Crippen molar-refractivity contribution < 1.29 is 18.9 Å². The van der Waals surface area contributed by atoms with E-state index in [1.165, 1.54) is 9.80 Å². The Morgan fingerprint density at radius 3 is 2.10 bits per heavy atom. The Kier molecular flexibility index (Phi) is 7.59. The number of amides is 4. The van der Waals surface area contributed by atoms with Gasteiger partial charge in [0.15, 0.2) is 0 Å². The lowest BCUT2D eigenvalue weighted by Gasteiger charge is -2.46. The zero-order valence-corrected chi connectivity index (χ0v) is 19.1. The van der Waals surface area contributed by atoms with E-state index in [4.69, 9.17) is 0 Å². The van der Waals surface area contributed by atoms with Gasteiger partial charge in [0.1, 0.15) is 5.41 Å². The molecule has 1 aromatic carbocycles. The largest absolute Gasteiger partial charge is 0.333 e. The Morgan fingerprint density at radius 2 is 1.60 bits per heavy atom. The fourth-order valence-corrected chi connectivity index (χ4v) is 4.01. The molecule has 1 heterocycles. The van der Waals surface area contributed by atoms with Gasteiger partial charge in [0.2, 0.25) is 11.8 Å². The highest BCUT2D eigenvalue weighted by Crippen LogP contribution is 2.40. The number of rotatable bonds is 10. The quantitative estimate of drug-likeness (QED) is 0.333. The van der Waals surface area contributed by atoms with Gasteiger partial charge in [-0.05, 0) is 31.7 Å². The summed E-state index contributed by atoms with van der Waals surface area (Å²) in [5.74, 6) is -1.08. The normalized spacial score (nSPS) is 20.3. The van der Waals surface area contributed by atoms with E-state index >= 15 is 0 Å².